The third-order valence-electron chi connectivity index (χ3n) is 4.70. The molecular formula is C19H27N5. The number of nitrogens with zero attached hydrogens (tertiary/aromatic N) is 4. The van der Waals surface area contributed by atoms with E-state index in [0.717, 1.165) is 44.1 Å². The standard InChI is InChI=1S/C19H27N5/c1-3-18(23-14-12-22(2)13-15-23)24(16-8-5-4-6-9-16)19-17(20)10-7-11-21-19/h4-11,18H,3,12-15,20H2,1-2H3. The van der Waals surface area contributed by atoms with Crippen molar-refractivity contribution in [1.82, 2.24) is 14.8 Å². The average Bonchev–Trinajstić information content (AvgIpc) is 2.62. The van der Waals surface area contributed by atoms with E-state index in [-0.39, 0.29) is 6.17 Å². The van der Waals surface area contributed by atoms with Crippen molar-refractivity contribution >= 4 is 17.2 Å². The van der Waals surface area contributed by atoms with E-state index in [1.165, 1.54) is 0 Å². The van der Waals surface area contributed by atoms with E-state index in [2.05, 4.69) is 57.9 Å². The summed E-state index contributed by atoms with van der Waals surface area (Å²) >= 11 is 0. The van der Waals surface area contributed by atoms with E-state index in [1.54, 1.807) is 0 Å². The van der Waals surface area contributed by atoms with Crippen molar-refractivity contribution in [2.45, 2.75) is 19.5 Å². The molecule has 0 amide bonds. The monoisotopic (exact) mass is 325 g/mol. The molecule has 0 aliphatic carbocycles. The first-order valence-electron chi connectivity index (χ1n) is 8.68. The Morgan fingerprint density at radius 3 is 2.42 bits per heavy atom. The fraction of sp³-hybridized carbons (Fsp3) is 0.421. The minimum absolute atomic E-state index is 0.248. The van der Waals surface area contributed by atoms with Crippen molar-refractivity contribution < 1.29 is 0 Å². The summed E-state index contributed by atoms with van der Waals surface area (Å²) in [5.74, 6) is 0.842. The molecule has 3 rings (SSSR count). The van der Waals surface area contributed by atoms with Crippen LogP contribution in [0.5, 0.6) is 0 Å². The zero-order chi connectivity index (χ0) is 16.9. The number of anilines is 3. The Balaban J connectivity index is 1.98. The molecular weight excluding hydrogens is 298 g/mol. The van der Waals surface area contributed by atoms with Crippen LogP contribution in [0.15, 0.2) is 48.7 Å². The van der Waals surface area contributed by atoms with Gasteiger partial charge in [-0.15, -0.1) is 0 Å². The van der Waals surface area contributed by atoms with Gasteiger partial charge in [-0.05, 0) is 37.7 Å². The van der Waals surface area contributed by atoms with Crippen LogP contribution in [-0.4, -0.2) is 54.2 Å². The predicted molar refractivity (Wildman–Crippen MR) is 100 cm³/mol. The summed E-state index contributed by atoms with van der Waals surface area (Å²) in [6.07, 6.45) is 3.07. The molecule has 24 heavy (non-hydrogen) atoms. The number of hydrogen-bond donors (Lipinski definition) is 1. The topological polar surface area (TPSA) is 48.6 Å². The molecule has 5 nitrogen and oxygen atoms in total. The fourth-order valence-electron chi connectivity index (χ4n) is 3.36. The van der Waals surface area contributed by atoms with Gasteiger partial charge in [0.1, 0.15) is 0 Å². The highest BCUT2D eigenvalue weighted by Crippen LogP contribution is 2.32. The van der Waals surface area contributed by atoms with Crippen LogP contribution < -0.4 is 10.6 Å². The minimum atomic E-state index is 0.248. The molecule has 2 heterocycles. The van der Waals surface area contributed by atoms with Gasteiger partial charge in [-0.1, -0.05) is 25.1 Å². The van der Waals surface area contributed by atoms with E-state index >= 15 is 0 Å². The molecule has 128 valence electrons. The van der Waals surface area contributed by atoms with Crippen LogP contribution in [-0.2, 0) is 0 Å². The number of nitrogen functional groups attached to an aromatic ring is 1. The van der Waals surface area contributed by atoms with E-state index < -0.39 is 0 Å². The molecule has 5 heteroatoms. The van der Waals surface area contributed by atoms with Crippen LogP contribution in [0, 0.1) is 0 Å². The maximum atomic E-state index is 6.27. The van der Waals surface area contributed by atoms with Crippen molar-refractivity contribution in [2.75, 3.05) is 43.9 Å². The molecule has 1 unspecified atom stereocenters. The Kier molecular flexibility index (Phi) is 5.33. The fourth-order valence-corrected chi connectivity index (χ4v) is 3.36. The average molecular weight is 325 g/mol. The van der Waals surface area contributed by atoms with Crippen molar-refractivity contribution in [2.24, 2.45) is 0 Å². The summed E-state index contributed by atoms with van der Waals surface area (Å²) in [6.45, 7) is 6.54. The van der Waals surface area contributed by atoms with Crippen molar-refractivity contribution in [3.8, 4) is 0 Å². The van der Waals surface area contributed by atoms with Crippen LogP contribution in [0.25, 0.3) is 0 Å². The van der Waals surface area contributed by atoms with Crippen molar-refractivity contribution in [3.63, 3.8) is 0 Å². The van der Waals surface area contributed by atoms with E-state index in [4.69, 9.17) is 5.73 Å². The van der Waals surface area contributed by atoms with Crippen LogP contribution in [0.3, 0.4) is 0 Å². The molecule has 0 radical (unpaired) electrons. The van der Waals surface area contributed by atoms with Crippen LogP contribution in [0.2, 0.25) is 0 Å². The molecule has 1 aliphatic heterocycles. The Morgan fingerprint density at radius 2 is 1.79 bits per heavy atom. The Morgan fingerprint density at radius 1 is 1.08 bits per heavy atom. The predicted octanol–water partition coefficient (Wildman–Crippen LogP) is 2.79. The summed E-state index contributed by atoms with van der Waals surface area (Å²) in [4.78, 5) is 11.8. The molecule has 1 atom stereocenters. The largest absolute Gasteiger partial charge is 0.396 e. The minimum Gasteiger partial charge on any atom is -0.396 e. The van der Waals surface area contributed by atoms with Crippen LogP contribution in [0.1, 0.15) is 13.3 Å². The quantitative estimate of drug-likeness (QED) is 0.916. The zero-order valence-corrected chi connectivity index (χ0v) is 14.6. The third-order valence-corrected chi connectivity index (χ3v) is 4.70. The number of nitrogens with two attached hydrogens (primary N) is 1. The van der Waals surface area contributed by atoms with Gasteiger partial charge in [-0.2, -0.15) is 0 Å². The summed E-state index contributed by atoms with van der Waals surface area (Å²) in [5, 5.41) is 0. The Labute approximate surface area is 144 Å². The number of benzene rings is 1. The van der Waals surface area contributed by atoms with Gasteiger partial charge in [-0.3, -0.25) is 4.90 Å². The molecule has 1 saturated heterocycles. The van der Waals surface area contributed by atoms with Gasteiger partial charge in [0.05, 0.1) is 11.9 Å². The molecule has 1 fully saturated rings. The smallest absolute Gasteiger partial charge is 0.157 e. The van der Waals surface area contributed by atoms with E-state index in [1.807, 2.05) is 24.4 Å². The Bertz CT molecular complexity index is 637. The first kappa shape index (κ1) is 16.7. The molecule has 0 bridgehead atoms. The normalized spacial score (nSPS) is 17.6. The van der Waals surface area contributed by atoms with E-state index in [0.29, 0.717) is 5.69 Å². The zero-order valence-electron chi connectivity index (χ0n) is 14.6. The lowest BCUT2D eigenvalue weighted by molar-refractivity contribution is 0.111. The highest BCUT2D eigenvalue weighted by Gasteiger charge is 2.29. The molecule has 1 aromatic heterocycles. The molecule has 1 aliphatic rings. The lowest BCUT2D eigenvalue weighted by Gasteiger charge is -2.43. The van der Waals surface area contributed by atoms with Crippen molar-refractivity contribution in [3.05, 3.63) is 48.7 Å². The van der Waals surface area contributed by atoms with Gasteiger partial charge in [-0.25, -0.2) is 4.98 Å². The highest BCUT2D eigenvalue weighted by molar-refractivity contribution is 5.71. The number of rotatable bonds is 5. The summed E-state index contributed by atoms with van der Waals surface area (Å²) in [5.41, 5.74) is 8.12. The van der Waals surface area contributed by atoms with Crippen LogP contribution >= 0.6 is 0 Å². The van der Waals surface area contributed by atoms with Gasteiger partial charge >= 0.3 is 0 Å². The molecule has 1 aromatic carbocycles. The van der Waals surface area contributed by atoms with Gasteiger partial charge in [0, 0.05) is 38.1 Å². The second-order valence-corrected chi connectivity index (χ2v) is 6.35. The number of hydrogen-bond acceptors (Lipinski definition) is 5. The molecule has 2 aromatic rings. The number of aromatic nitrogens is 1. The number of piperazine rings is 1. The summed E-state index contributed by atoms with van der Waals surface area (Å²) in [7, 11) is 2.18. The number of para-hydroxylation sites is 1. The lowest BCUT2D eigenvalue weighted by Crippen LogP contribution is -2.54. The first-order valence-corrected chi connectivity index (χ1v) is 8.68. The summed E-state index contributed by atoms with van der Waals surface area (Å²) in [6, 6.07) is 14.3. The third kappa shape index (κ3) is 3.52. The van der Waals surface area contributed by atoms with E-state index in [9.17, 15) is 0 Å². The highest BCUT2D eigenvalue weighted by atomic mass is 15.4. The molecule has 0 saturated carbocycles. The van der Waals surface area contributed by atoms with Crippen LogP contribution in [0.4, 0.5) is 17.2 Å². The van der Waals surface area contributed by atoms with Gasteiger partial charge < -0.3 is 15.5 Å². The number of pyridine rings is 1. The van der Waals surface area contributed by atoms with Gasteiger partial charge in [0.2, 0.25) is 0 Å². The second kappa shape index (κ2) is 7.64. The van der Waals surface area contributed by atoms with Gasteiger partial charge in [0.15, 0.2) is 5.82 Å². The molecule has 2 N–H and O–H groups in total. The Hall–Kier alpha value is -2.11. The van der Waals surface area contributed by atoms with Gasteiger partial charge in [0.25, 0.3) is 0 Å². The lowest BCUT2D eigenvalue weighted by atomic mass is 10.2. The maximum Gasteiger partial charge on any atom is 0.157 e. The molecule has 0 spiro atoms. The second-order valence-electron chi connectivity index (χ2n) is 6.35. The SMILES string of the molecule is CCC(N1CCN(C)CC1)N(c1ccccc1)c1ncccc1N. The van der Waals surface area contributed by atoms with Crippen molar-refractivity contribution in [1.29, 1.82) is 0 Å². The number of likely N-dealkylation sites (N-methyl/N-ethyl adjacent to an activating group) is 1. The summed E-state index contributed by atoms with van der Waals surface area (Å²) < 4.78 is 0. The maximum absolute atomic E-state index is 6.27. The first-order chi connectivity index (χ1) is 11.7.